The van der Waals surface area contributed by atoms with Crippen LogP contribution in [0.4, 0.5) is 0 Å². The second-order valence-electron chi connectivity index (χ2n) is 4.56. The summed E-state index contributed by atoms with van der Waals surface area (Å²) in [5.74, 6) is -0.640. The third-order valence-electron chi connectivity index (χ3n) is 3.19. The van der Waals surface area contributed by atoms with E-state index in [0.717, 1.165) is 19.3 Å². The van der Waals surface area contributed by atoms with Gasteiger partial charge in [-0.05, 0) is 32.1 Å². The zero-order chi connectivity index (χ0) is 12.3. The maximum Gasteiger partial charge on any atom is 0.317 e. The fourth-order valence-corrected chi connectivity index (χ4v) is 2.23. The van der Waals surface area contributed by atoms with Gasteiger partial charge in [-0.2, -0.15) is 0 Å². The van der Waals surface area contributed by atoms with Gasteiger partial charge < -0.3 is 14.2 Å². The molecule has 1 aliphatic heterocycles. The highest BCUT2D eigenvalue weighted by Crippen LogP contribution is 2.39. The van der Waals surface area contributed by atoms with Gasteiger partial charge in [0.05, 0.1) is 25.4 Å². The molecule has 3 unspecified atom stereocenters. The van der Waals surface area contributed by atoms with Crippen molar-refractivity contribution >= 4 is 11.9 Å². The molecule has 0 radical (unpaired) electrons. The SMILES string of the molecule is CCOC(=O)CC(=O)OCC1CCC2OC2C1. The summed E-state index contributed by atoms with van der Waals surface area (Å²) in [7, 11) is 0. The average molecular weight is 242 g/mol. The Labute approximate surface area is 100 Å². The van der Waals surface area contributed by atoms with Gasteiger partial charge in [-0.3, -0.25) is 9.59 Å². The molecule has 0 amide bonds. The Balaban J connectivity index is 1.60. The normalized spacial score (nSPS) is 30.3. The van der Waals surface area contributed by atoms with Gasteiger partial charge in [-0.1, -0.05) is 0 Å². The lowest BCUT2D eigenvalue weighted by Crippen LogP contribution is -2.22. The molecule has 1 aliphatic carbocycles. The first kappa shape index (κ1) is 12.4. The van der Waals surface area contributed by atoms with E-state index in [-0.39, 0.29) is 13.0 Å². The van der Waals surface area contributed by atoms with Crippen LogP contribution in [0.2, 0.25) is 0 Å². The monoisotopic (exact) mass is 242 g/mol. The van der Waals surface area contributed by atoms with E-state index in [4.69, 9.17) is 9.47 Å². The minimum Gasteiger partial charge on any atom is -0.466 e. The molecule has 0 bridgehead atoms. The van der Waals surface area contributed by atoms with E-state index in [1.807, 2.05) is 0 Å². The lowest BCUT2D eigenvalue weighted by molar-refractivity contribution is -0.155. The number of rotatable bonds is 5. The largest absolute Gasteiger partial charge is 0.466 e. The van der Waals surface area contributed by atoms with Gasteiger partial charge in [0, 0.05) is 0 Å². The first-order valence-corrected chi connectivity index (χ1v) is 6.15. The fourth-order valence-electron chi connectivity index (χ4n) is 2.23. The van der Waals surface area contributed by atoms with Gasteiger partial charge in [0.2, 0.25) is 0 Å². The number of carbonyl (C=O) groups excluding carboxylic acids is 2. The van der Waals surface area contributed by atoms with E-state index in [2.05, 4.69) is 4.74 Å². The molecular weight excluding hydrogens is 224 g/mol. The van der Waals surface area contributed by atoms with Crippen molar-refractivity contribution in [3.63, 3.8) is 0 Å². The number of carbonyl (C=O) groups is 2. The van der Waals surface area contributed by atoms with Crippen molar-refractivity contribution in [2.45, 2.75) is 44.8 Å². The first-order valence-electron chi connectivity index (χ1n) is 6.15. The van der Waals surface area contributed by atoms with Crippen molar-refractivity contribution < 1.29 is 23.8 Å². The summed E-state index contributed by atoms with van der Waals surface area (Å²) in [6.07, 6.45) is 3.62. The summed E-state index contributed by atoms with van der Waals surface area (Å²) < 4.78 is 15.1. The van der Waals surface area contributed by atoms with E-state index in [0.29, 0.717) is 24.7 Å². The highest BCUT2D eigenvalue weighted by molar-refractivity contribution is 5.91. The molecule has 0 aromatic heterocycles. The Morgan fingerprint density at radius 2 is 1.94 bits per heavy atom. The second-order valence-corrected chi connectivity index (χ2v) is 4.56. The van der Waals surface area contributed by atoms with Gasteiger partial charge >= 0.3 is 11.9 Å². The highest BCUT2D eigenvalue weighted by Gasteiger charge is 2.43. The number of fused-ring (bicyclic) bond motifs is 1. The van der Waals surface area contributed by atoms with Crippen molar-refractivity contribution in [2.75, 3.05) is 13.2 Å². The van der Waals surface area contributed by atoms with Crippen LogP contribution in [-0.2, 0) is 23.8 Å². The van der Waals surface area contributed by atoms with Crippen molar-refractivity contribution in [3.8, 4) is 0 Å². The Morgan fingerprint density at radius 1 is 1.18 bits per heavy atom. The van der Waals surface area contributed by atoms with Crippen LogP contribution in [0.3, 0.4) is 0 Å². The predicted octanol–water partition coefficient (Wildman–Crippen LogP) is 1.05. The highest BCUT2D eigenvalue weighted by atomic mass is 16.6. The van der Waals surface area contributed by atoms with Crippen molar-refractivity contribution in [2.24, 2.45) is 5.92 Å². The van der Waals surface area contributed by atoms with Crippen LogP contribution in [0.25, 0.3) is 0 Å². The summed E-state index contributed by atoms with van der Waals surface area (Å²) in [6.45, 7) is 2.39. The zero-order valence-corrected chi connectivity index (χ0v) is 10.0. The third kappa shape index (κ3) is 3.70. The molecule has 0 spiro atoms. The quantitative estimate of drug-likeness (QED) is 0.409. The smallest absolute Gasteiger partial charge is 0.317 e. The molecule has 5 heteroatoms. The molecular formula is C12H18O5. The molecule has 1 heterocycles. The van der Waals surface area contributed by atoms with Crippen LogP contribution in [0.1, 0.15) is 32.6 Å². The predicted molar refractivity (Wildman–Crippen MR) is 58.2 cm³/mol. The second kappa shape index (κ2) is 5.49. The van der Waals surface area contributed by atoms with Crippen LogP contribution in [-0.4, -0.2) is 37.4 Å². The van der Waals surface area contributed by atoms with Crippen LogP contribution >= 0.6 is 0 Å². The molecule has 2 rings (SSSR count). The van der Waals surface area contributed by atoms with Gasteiger partial charge in [0.1, 0.15) is 6.42 Å². The maximum absolute atomic E-state index is 11.3. The number of epoxide rings is 1. The molecule has 96 valence electrons. The molecule has 1 saturated carbocycles. The molecule has 0 aromatic carbocycles. The molecule has 5 nitrogen and oxygen atoms in total. The average Bonchev–Trinajstić information content (AvgIpc) is 3.04. The number of hydrogen-bond donors (Lipinski definition) is 0. The van der Waals surface area contributed by atoms with Gasteiger partial charge in [-0.15, -0.1) is 0 Å². The minimum atomic E-state index is -0.522. The van der Waals surface area contributed by atoms with Crippen molar-refractivity contribution in [3.05, 3.63) is 0 Å². The zero-order valence-electron chi connectivity index (χ0n) is 10.0. The Morgan fingerprint density at radius 3 is 2.65 bits per heavy atom. The Hall–Kier alpha value is -1.10. The summed E-state index contributed by atoms with van der Waals surface area (Å²) in [4.78, 5) is 22.3. The standard InChI is InChI=1S/C12H18O5/c1-2-15-11(13)6-12(14)16-7-8-3-4-9-10(5-8)17-9/h8-10H,2-7H2,1H3. The van der Waals surface area contributed by atoms with Gasteiger partial charge in [-0.25, -0.2) is 0 Å². The summed E-state index contributed by atoms with van der Waals surface area (Å²) >= 11 is 0. The van der Waals surface area contributed by atoms with Crippen LogP contribution in [0.5, 0.6) is 0 Å². The first-order chi connectivity index (χ1) is 8.19. The fraction of sp³-hybridized carbons (Fsp3) is 0.833. The van der Waals surface area contributed by atoms with E-state index in [1.54, 1.807) is 6.92 Å². The number of hydrogen-bond acceptors (Lipinski definition) is 5. The topological polar surface area (TPSA) is 65.1 Å². The summed E-state index contributed by atoms with van der Waals surface area (Å²) in [5.41, 5.74) is 0. The molecule has 1 saturated heterocycles. The molecule has 2 fully saturated rings. The van der Waals surface area contributed by atoms with Crippen molar-refractivity contribution in [1.82, 2.24) is 0 Å². The molecule has 2 aliphatic rings. The minimum absolute atomic E-state index is 0.287. The summed E-state index contributed by atoms with van der Waals surface area (Å²) in [6, 6.07) is 0. The van der Waals surface area contributed by atoms with Crippen LogP contribution < -0.4 is 0 Å². The van der Waals surface area contributed by atoms with Crippen molar-refractivity contribution in [1.29, 1.82) is 0 Å². The number of ether oxygens (including phenoxy) is 3. The van der Waals surface area contributed by atoms with Gasteiger partial charge in [0.15, 0.2) is 0 Å². The lowest BCUT2D eigenvalue weighted by Gasteiger charge is -2.18. The number of esters is 2. The molecule has 3 atom stereocenters. The van der Waals surface area contributed by atoms with Crippen LogP contribution in [0, 0.1) is 5.92 Å². The molecule has 0 aromatic rings. The van der Waals surface area contributed by atoms with Crippen LogP contribution in [0.15, 0.2) is 0 Å². The summed E-state index contributed by atoms with van der Waals surface area (Å²) in [5, 5.41) is 0. The van der Waals surface area contributed by atoms with E-state index >= 15 is 0 Å². The molecule has 17 heavy (non-hydrogen) atoms. The molecule has 0 N–H and O–H groups in total. The third-order valence-corrected chi connectivity index (χ3v) is 3.19. The Kier molecular flexibility index (Phi) is 3.99. The van der Waals surface area contributed by atoms with E-state index < -0.39 is 11.9 Å². The van der Waals surface area contributed by atoms with E-state index in [9.17, 15) is 9.59 Å². The van der Waals surface area contributed by atoms with E-state index in [1.165, 1.54) is 0 Å². The maximum atomic E-state index is 11.3. The van der Waals surface area contributed by atoms with Gasteiger partial charge in [0.25, 0.3) is 0 Å². The lowest BCUT2D eigenvalue weighted by atomic mass is 9.90. The Bertz CT molecular complexity index is 301.